The van der Waals surface area contributed by atoms with Crippen molar-refractivity contribution in [3.8, 4) is 0 Å². The summed E-state index contributed by atoms with van der Waals surface area (Å²) in [7, 11) is 1.40. The lowest BCUT2D eigenvalue weighted by molar-refractivity contribution is -0.228. The fourth-order valence-corrected chi connectivity index (χ4v) is 2.11. The minimum atomic E-state index is -0.828. The van der Waals surface area contributed by atoms with Gasteiger partial charge in [-0.2, -0.15) is 0 Å². The molecule has 0 unspecified atom stereocenters. The third-order valence-electron chi connectivity index (χ3n) is 2.87. The summed E-state index contributed by atoms with van der Waals surface area (Å²) in [5.41, 5.74) is 0. The summed E-state index contributed by atoms with van der Waals surface area (Å²) in [5.74, 6) is -1.51. The van der Waals surface area contributed by atoms with Crippen LogP contribution < -0.4 is 0 Å². The van der Waals surface area contributed by atoms with Gasteiger partial charge in [0, 0.05) is 27.9 Å². The van der Waals surface area contributed by atoms with Gasteiger partial charge >= 0.3 is 17.9 Å². The SMILES string of the molecule is CO[C@H]1[C@H](OC(C)=O)[C@H](OC(C)=O)CO[C@H]1COC(C)=O. The molecule has 1 rings (SSSR count). The smallest absolute Gasteiger partial charge is 0.303 e. The fourth-order valence-electron chi connectivity index (χ4n) is 2.11. The number of esters is 3. The standard InChI is InChI=1S/C13H20O8/c1-7(14)18-5-10-12(17-4)13(21-9(3)16)11(6-19-10)20-8(2)15/h10-13H,5-6H2,1-4H3/t10-,11+,12+,13+/m0/s1. The molecule has 21 heavy (non-hydrogen) atoms. The molecule has 1 aliphatic heterocycles. The van der Waals surface area contributed by atoms with Gasteiger partial charge in [0.05, 0.1) is 6.61 Å². The van der Waals surface area contributed by atoms with Crippen LogP contribution in [0, 0.1) is 0 Å². The van der Waals surface area contributed by atoms with Crippen molar-refractivity contribution in [1.82, 2.24) is 0 Å². The van der Waals surface area contributed by atoms with Gasteiger partial charge in [-0.05, 0) is 0 Å². The summed E-state index contributed by atoms with van der Waals surface area (Å²) in [5, 5.41) is 0. The molecule has 0 radical (unpaired) electrons. The van der Waals surface area contributed by atoms with Crippen molar-refractivity contribution >= 4 is 17.9 Å². The van der Waals surface area contributed by atoms with Crippen LogP contribution >= 0.6 is 0 Å². The van der Waals surface area contributed by atoms with Gasteiger partial charge in [-0.25, -0.2) is 0 Å². The van der Waals surface area contributed by atoms with E-state index >= 15 is 0 Å². The number of carbonyl (C=O) groups excluding carboxylic acids is 3. The molecule has 0 saturated carbocycles. The maximum atomic E-state index is 11.2. The average molecular weight is 304 g/mol. The Bertz CT molecular complexity index is 394. The zero-order valence-corrected chi connectivity index (χ0v) is 12.5. The highest BCUT2D eigenvalue weighted by Crippen LogP contribution is 2.24. The van der Waals surface area contributed by atoms with Crippen molar-refractivity contribution in [3.05, 3.63) is 0 Å². The topological polar surface area (TPSA) is 97.4 Å². The van der Waals surface area contributed by atoms with Gasteiger partial charge in [-0.3, -0.25) is 14.4 Å². The third-order valence-corrected chi connectivity index (χ3v) is 2.87. The molecule has 8 nitrogen and oxygen atoms in total. The van der Waals surface area contributed by atoms with E-state index < -0.39 is 42.3 Å². The predicted molar refractivity (Wildman–Crippen MR) is 68.3 cm³/mol. The van der Waals surface area contributed by atoms with Crippen LogP contribution in [0.25, 0.3) is 0 Å². The van der Waals surface area contributed by atoms with Gasteiger partial charge in [-0.15, -0.1) is 0 Å². The quantitative estimate of drug-likeness (QED) is 0.510. The molecular formula is C13H20O8. The molecule has 120 valence electrons. The number of rotatable bonds is 5. The van der Waals surface area contributed by atoms with Gasteiger partial charge in [0.15, 0.2) is 12.2 Å². The first-order chi connectivity index (χ1) is 9.85. The Morgan fingerprint density at radius 3 is 2.10 bits per heavy atom. The van der Waals surface area contributed by atoms with Gasteiger partial charge in [0.25, 0.3) is 0 Å². The van der Waals surface area contributed by atoms with E-state index in [1.807, 2.05) is 0 Å². The first kappa shape index (κ1) is 17.4. The maximum absolute atomic E-state index is 11.2. The largest absolute Gasteiger partial charge is 0.463 e. The normalized spacial score (nSPS) is 28.6. The van der Waals surface area contributed by atoms with E-state index in [-0.39, 0.29) is 13.2 Å². The third kappa shape index (κ3) is 5.31. The monoisotopic (exact) mass is 304 g/mol. The second kappa shape index (κ2) is 7.94. The lowest BCUT2D eigenvalue weighted by Crippen LogP contribution is -2.57. The summed E-state index contributed by atoms with van der Waals surface area (Å²) in [6.07, 6.45) is -2.93. The predicted octanol–water partition coefficient (Wildman–Crippen LogP) is -0.173. The molecule has 0 N–H and O–H groups in total. The second-order valence-corrected chi connectivity index (χ2v) is 4.60. The average Bonchev–Trinajstić information content (AvgIpc) is 2.37. The Kier molecular flexibility index (Phi) is 6.57. The fraction of sp³-hybridized carbons (Fsp3) is 0.769. The molecule has 0 aromatic carbocycles. The molecular weight excluding hydrogens is 284 g/mol. The van der Waals surface area contributed by atoms with Gasteiger partial charge < -0.3 is 23.7 Å². The molecule has 1 heterocycles. The Morgan fingerprint density at radius 2 is 1.62 bits per heavy atom. The van der Waals surface area contributed by atoms with Gasteiger partial charge in [0.1, 0.15) is 18.8 Å². The van der Waals surface area contributed by atoms with Crippen molar-refractivity contribution in [1.29, 1.82) is 0 Å². The van der Waals surface area contributed by atoms with Crippen LogP contribution in [0.15, 0.2) is 0 Å². The minimum absolute atomic E-state index is 0.0172. The number of methoxy groups -OCH3 is 1. The van der Waals surface area contributed by atoms with Crippen LogP contribution in [0.4, 0.5) is 0 Å². The summed E-state index contributed by atoms with van der Waals surface area (Å²) >= 11 is 0. The van der Waals surface area contributed by atoms with E-state index in [1.165, 1.54) is 27.9 Å². The first-order valence-electron chi connectivity index (χ1n) is 6.47. The summed E-state index contributed by atoms with van der Waals surface area (Å²) in [6.45, 7) is 3.74. The van der Waals surface area contributed by atoms with E-state index in [9.17, 15) is 14.4 Å². The molecule has 0 aliphatic carbocycles. The van der Waals surface area contributed by atoms with Crippen molar-refractivity contribution in [2.24, 2.45) is 0 Å². The van der Waals surface area contributed by atoms with E-state index in [1.54, 1.807) is 0 Å². The molecule has 1 saturated heterocycles. The van der Waals surface area contributed by atoms with Crippen molar-refractivity contribution < 1.29 is 38.1 Å². The molecule has 1 fully saturated rings. The highest BCUT2D eigenvalue weighted by molar-refractivity contribution is 5.67. The lowest BCUT2D eigenvalue weighted by Gasteiger charge is -2.40. The molecule has 0 aromatic heterocycles. The number of carbonyl (C=O) groups is 3. The van der Waals surface area contributed by atoms with Crippen LogP contribution in [0.1, 0.15) is 20.8 Å². The van der Waals surface area contributed by atoms with Gasteiger partial charge in [0.2, 0.25) is 0 Å². The second-order valence-electron chi connectivity index (χ2n) is 4.60. The summed E-state index contributed by atoms with van der Waals surface area (Å²) in [6, 6.07) is 0. The Balaban J connectivity index is 2.83. The Hall–Kier alpha value is -1.67. The zero-order chi connectivity index (χ0) is 16.0. The molecule has 1 aliphatic rings. The lowest BCUT2D eigenvalue weighted by atomic mass is 9.99. The summed E-state index contributed by atoms with van der Waals surface area (Å²) < 4.78 is 25.9. The van der Waals surface area contributed by atoms with E-state index in [0.29, 0.717) is 0 Å². The number of hydrogen-bond donors (Lipinski definition) is 0. The molecule has 8 heteroatoms. The number of hydrogen-bond acceptors (Lipinski definition) is 8. The maximum Gasteiger partial charge on any atom is 0.303 e. The molecule has 0 amide bonds. The van der Waals surface area contributed by atoms with Crippen LogP contribution in [0.2, 0.25) is 0 Å². The van der Waals surface area contributed by atoms with Crippen molar-refractivity contribution in [2.45, 2.75) is 45.2 Å². The highest BCUT2D eigenvalue weighted by Gasteiger charge is 2.45. The van der Waals surface area contributed by atoms with Crippen LogP contribution in [-0.4, -0.2) is 62.6 Å². The molecule has 0 aromatic rings. The zero-order valence-electron chi connectivity index (χ0n) is 12.5. The van der Waals surface area contributed by atoms with Crippen LogP contribution in [-0.2, 0) is 38.1 Å². The Labute approximate surface area is 122 Å². The number of ether oxygens (including phenoxy) is 5. The van der Waals surface area contributed by atoms with E-state index in [0.717, 1.165) is 0 Å². The van der Waals surface area contributed by atoms with Crippen molar-refractivity contribution in [3.63, 3.8) is 0 Å². The van der Waals surface area contributed by atoms with E-state index in [4.69, 9.17) is 23.7 Å². The first-order valence-corrected chi connectivity index (χ1v) is 6.47. The molecule has 0 bridgehead atoms. The van der Waals surface area contributed by atoms with Crippen LogP contribution in [0.5, 0.6) is 0 Å². The van der Waals surface area contributed by atoms with Crippen molar-refractivity contribution in [2.75, 3.05) is 20.3 Å². The highest BCUT2D eigenvalue weighted by atomic mass is 16.6. The van der Waals surface area contributed by atoms with Gasteiger partial charge in [-0.1, -0.05) is 0 Å². The Morgan fingerprint density at radius 1 is 1.00 bits per heavy atom. The minimum Gasteiger partial charge on any atom is -0.463 e. The summed E-state index contributed by atoms with van der Waals surface area (Å²) in [4.78, 5) is 33.2. The molecule has 0 spiro atoms. The van der Waals surface area contributed by atoms with Crippen LogP contribution in [0.3, 0.4) is 0 Å². The molecule has 4 atom stereocenters. The van der Waals surface area contributed by atoms with E-state index in [2.05, 4.69) is 0 Å².